The van der Waals surface area contributed by atoms with Gasteiger partial charge in [-0.3, -0.25) is 4.79 Å². The van der Waals surface area contributed by atoms with Crippen LogP contribution in [0.4, 0.5) is 0 Å². The van der Waals surface area contributed by atoms with Gasteiger partial charge >= 0.3 is 0 Å². The van der Waals surface area contributed by atoms with E-state index in [1.807, 2.05) is 26.0 Å². The maximum Gasteiger partial charge on any atom is 0.251 e. The molecule has 1 heterocycles. The predicted octanol–water partition coefficient (Wildman–Crippen LogP) is 1.51. The van der Waals surface area contributed by atoms with E-state index in [0.29, 0.717) is 31.8 Å². The highest BCUT2D eigenvalue weighted by Crippen LogP contribution is 2.19. The number of nitrogens with one attached hydrogen (secondary N) is 1. The van der Waals surface area contributed by atoms with Crippen LogP contribution in [0.5, 0.6) is 5.75 Å². The second kappa shape index (κ2) is 7.04. The molecule has 0 radical (unpaired) electrons. The first-order valence-corrected chi connectivity index (χ1v) is 7.07. The largest absolute Gasteiger partial charge is 0.493 e. The van der Waals surface area contributed by atoms with Crippen molar-refractivity contribution in [2.45, 2.75) is 26.7 Å². The van der Waals surface area contributed by atoms with Gasteiger partial charge < -0.3 is 15.5 Å². The summed E-state index contributed by atoms with van der Waals surface area (Å²) in [7, 11) is 0. The summed E-state index contributed by atoms with van der Waals surface area (Å²) in [5.41, 5.74) is 8.33. The molecule has 0 saturated heterocycles. The normalized spacial score (nSPS) is 10.6. The number of aryl methyl sites for hydroxylation is 2. The number of hydrogen-bond donors (Lipinski definition) is 2. The Morgan fingerprint density at radius 3 is 2.81 bits per heavy atom. The van der Waals surface area contributed by atoms with Crippen LogP contribution in [0.2, 0.25) is 0 Å². The van der Waals surface area contributed by atoms with Crippen LogP contribution in [-0.4, -0.2) is 23.1 Å². The monoisotopic (exact) mass is 287 g/mol. The third kappa shape index (κ3) is 4.43. The molecule has 5 heteroatoms. The van der Waals surface area contributed by atoms with Crippen LogP contribution in [0.3, 0.4) is 0 Å². The van der Waals surface area contributed by atoms with Crippen LogP contribution >= 0.6 is 0 Å². The van der Waals surface area contributed by atoms with Gasteiger partial charge in [-0.1, -0.05) is 12.1 Å². The van der Waals surface area contributed by atoms with E-state index in [2.05, 4.69) is 16.0 Å². The van der Waals surface area contributed by atoms with Gasteiger partial charge in [0.1, 0.15) is 11.6 Å². The van der Waals surface area contributed by atoms with Gasteiger partial charge in [-0.05, 0) is 37.6 Å². The Labute approximate surface area is 124 Å². The van der Waals surface area contributed by atoms with Crippen molar-refractivity contribution < 1.29 is 4.74 Å². The highest BCUT2D eigenvalue weighted by molar-refractivity contribution is 5.35. The number of nitrogens with two attached hydrogens (primary N) is 1. The fourth-order valence-electron chi connectivity index (χ4n) is 2.08. The topological polar surface area (TPSA) is 81.0 Å². The maximum atomic E-state index is 11.5. The minimum absolute atomic E-state index is 0.143. The van der Waals surface area contributed by atoms with Crippen LogP contribution in [0.25, 0.3) is 0 Å². The minimum Gasteiger partial charge on any atom is -0.493 e. The predicted molar refractivity (Wildman–Crippen MR) is 82.7 cm³/mol. The third-order valence-corrected chi connectivity index (χ3v) is 3.18. The summed E-state index contributed by atoms with van der Waals surface area (Å²) in [6.07, 6.45) is 1.16. The number of hydrogen-bond acceptors (Lipinski definition) is 4. The summed E-state index contributed by atoms with van der Waals surface area (Å²) >= 11 is 0. The van der Waals surface area contributed by atoms with E-state index in [1.54, 1.807) is 0 Å². The molecule has 2 rings (SSSR count). The van der Waals surface area contributed by atoms with Gasteiger partial charge in [0, 0.05) is 24.6 Å². The third-order valence-electron chi connectivity index (χ3n) is 3.18. The van der Waals surface area contributed by atoms with Gasteiger partial charge in [0.25, 0.3) is 5.56 Å². The molecule has 21 heavy (non-hydrogen) atoms. The summed E-state index contributed by atoms with van der Waals surface area (Å²) in [5, 5.41) is 0. The average Bonchev–Trinajstić information content (AvgIpc) is 2.42. The molecule has 112 valence electrons. The van der Waals surface area contributed by atoms with Crippen LogP contribution in [0, 0.1) is 13.8 Å². The van der Waals surface area contributed by atoms with Gasteiger partial charge in [0.15, 0.2) is 0 Å². The lowest BCUT2D eigenvalue weighted by molar-refractivity contribution is 0.316. The van der Waals surface area contributed by atoms with Crippen molar-refractivity contribution in [1.29, 1.82) is 0 Å². The van der Waals surface area contributed by atoms with Crippen molar-refractivity contribution in [2.75, 3.05) is 13.2 Å². The summed E-state index contributed by atoms with van der Waals surface area (Å²) in [6, 6.07) is 7.59. The van der Waals surface area contributed by atoms with Crippen LogP contribution in [-0.2, 0) is 12.8 Å². The molecular formula is C16H21N3O2. The Bertz CT molecular complexity index is 665. The summed E-state index contributed by atoms with van der Waals surface area (Å²) in [6.45, 7) is 4.99. The second-order valence-electron chi connectivity index (χ2n) is 5.09. The molecule has 0 saturated carbocycles. The average molecular weight is 287 g/mol. The molecule has 0 aliphatic rings. The molecule has 0 bridgehead atoms. The Morgan fingerprint density at radius 2 is 2.05 bits per heavy atom. The molecule has 2 aromatic rings. The first-order valence-electron chi connectivity index (χ1n) is 7.07. The molecule has 0 amide bonds. The highest BCUT2D eigenvalue weighted by Gasteiger charge is 2.03. The molecule has 0 aliphatic carbocycles. The van der Waals surface area contributed by atoms with Crippen LogP contribution in [0.15, 0.2) is 29.1 Å². The number of aromatic amines is 1. The number of H-pyrrole nitrogens is 1. The quantitative estimate of drug-likeness (QED) is 0.844. The van der Waals surface area contributed by atoms with Crippen molar-refractivity contribution in [2.24, 2.45) is 5.73 Å². The van der Waals surface area contributed by atoms with E-state index in [-0.39, 0.29) is 5.56 Å². The smallest absolute Gasteiger partial charge is 0.251 e. The van der Waals surface area contributed by atoms with Gasteiger partial charge in [-0.25, -0.2) is 4.98 Å². The highest BCUT2D eigenvalue weighted by atomic mass is 16.5. The zero-order valence-electron chi connectivity index (χ0n) is 12.5. The molecular weight excluding hydrogens is 266 g/mol. The maximum absolute atomic E-state index is 11.5. The fourth-order valence-corrected chi connectivity index (χ4v) is 2.08. The number of nitrogens with zero attached hydrogens (tertiary/aromatic N) is 1. The molecule has 0 spiro atoms. The zero-order chi connectivity index (χ0) is 15.2. The molecule has 0 aliphatic heterocycles. The lowest BCUT2D eigenvalue weighted by Crippen LogP contribution is -2.17. The van der Waals surface area contributed by atoms with Crippen molar-refractivity contribution in [3.05, 3.63) is 57.3 Å². The van der Waals surface area contributed by atoms with Gasteiger partial charge in [-0.15, -0.1) is 0 Å². The van der Waals surface area contributed by atoms with Gasteiger partial charge in [0.05, 0.1) is 6.61 Å². The second-order valence-corrected chi connectivity index (χ2v) is 5.09. The lowest BCUT2D eigenvalue weighted by Gasteiger charge is -2.10. The van der Waals surface area contributed by atoms with E-state index < -0.39 is 0 Å². The van der Waals surface area contributed by atoms with E-state index >= 15 is 0 Å². The molecule has 5 nitrogen and oxygen atoms in total. The molecule has 1 aromatic heterocycles. The zero-order valence-corrected chi connectivity index (χ0v) is 12.5. The SMILES string of the molecule is Cc1ccc(C)c(OCCc2nc(CCN)cc(=O)[nH]2)c1. The molecule has 1 aromatic carbocycles. The number of aromatic nitrogens is 2. The van der Waals surface area contributed by atoms with E-state index in [4.69, 9.17) is 10.5 Å². The minimum atomic E-state index is -0.143. The van der Waals surface area contributed by atoms with Crippen molar-refractivity contribution >= 4 is 0 Å². The molecule has 0 unspecified atom stereocenters. The Balaban J connectivity index is 2.00. The first kappa shape index (κ1) is 15.3. The van der Waals surface area contributed by atoms with Crippen molar-refractivity contribution in [3.63, 3.8) is 0 Å². The van der Waals surface area contributed by atoms with E-state index in [0.717, 1.165) is 22.6 Å². The van der Waals surface area contributed by atoms with Crippen molar-refractivity contribution in [1.82, 2.24) is 9.97 Å². The Kier molecular flexibility index (Phi) is 5.11. The molecule has 0 fully saturated rings. The van der Waals surface area contributed by atoms with Gasteiger partial charge in [-0.2, -0.15) is 0 Å². The molecule has 0 atom stereocenters. The first-order chi connectivity index (χ1) is 10.1. The standard InChI is InChI=1S/C16H21N3O2/c1-11-3-4-12(2)14(9-11)21-8-6-15-18-13(5-7-17)10-16(20)19-15/h3-4,9-10H,5-8,17H2,1-2H3,(H,18,19,20). The Hall–Kier alpha value is -2.14. The number of benzene rings is 1. The summed E-state index contributed by atoms with van der Waals surface area (Å²) in [5.74, 6) is 1.51. The summed E-state index contributed by atoms with van der Waals surface area (Å²) in [4.78, 5) is 18.7. The van der Waals surface area contributed by atoms with Crippen LogP contribution in [0.1, 0.15) is 22.6 Å². The fraction of sp³-hybridized carbons (Fsp3) is 0.375. The summed E-state index contributed by atoms with van der Waals surface area (Å²) < 4.78 is 5.77. The van der Waals surface area contributed by atoms with Gasteiger partial charge in [0.2, 0.25) is 0 Å². The van der Waals surface area contributed by atoms with Crippen LogP contribution < -0.4 is 16.0 Å². The van der Waals surface area contributed by atoms with E-state index in [9.17, 15) is 4.79 Å². The molecule has 3 N–H and O–H groups in total. The lowest BCUT2D eigenvalue weighted by atomic mass is 10.1. The van der Waals surface area contributed by atoms with Crippen molar-refractivity contribution in [3.8, 4) is 5.75 Å². The number of ether oxygens (including phenoxy) is 1. The Morgan fingerprint density at radius 1 is 1.24 bits per heavy atom. The number of rotatable bonds is 6. The van der Waals surface area contributed by atoms with E-state index in [1.165, 1.54) is 6.07 Å².